The van der Waals surface area contributed by atoms with Gasteiger partial charge in [0.25, 0.3) is 0 Å². The highest BCUT2D eigenvalue weighted by Gasteiger charge is 2.17. The van der Waals surface area contributed by atoms with E-state index in [2.05, 4.69) is 15.9 Å². The predicted octanol–water partition coefficient (Wildman–Crippen LogP) is 3.01. The van der Waals surface area contributed by atoms with Crippen molar-refractivity contribution in [2.75, 3.05) is 5.73 Å². The number of carbonyl (C=O) groups is 1. The van der Waals surface area contributed by atoms with Crippen molar-refractivity contribution in [3.05, 3.63) is 51.8 Å². The molecule has 1 aromatic carbocycles. The van der Waals surface area contributed by atoms with Gasteiger partial charge in [0.1, 0.15) is 23.9 Å². The van der Waals surface area contributed by atoms with Crippen LogP contribution in [-0.2, 0) is 18.4 Å². The number of hydrogen-bond acceptors (Lipinski definition) is 3. The second-order valence-corrected chi connectivity index (χ2v) is 5.02. The first kappa shape index (κ1) is 14.5. The fraction of sp³-hybridized carbons (Fsp3) is 0.154. The number of carbonyl (C=O) groups excluding carboxylic acids is 1. The lowest BCUT2D eigenvalue weighted by atomic mass is 10.2. The summed E-state index contributed by atoms with van der Waals surface area (Å²) >= 11 is 2.94. The van der Waals surface area contributed by atoms with Crippen LogP contribution in [0.25, 0.3) is 0 Å². The molecule has 2 N–H and O–H groups in total. The maximum atomic E-state index is 13.7. The molecular weight excluding hydrogens is 334 g/mol. The van der Waals surface area contributed by atoms with Crippen molar-refractivity contribution in [2.24, 2.45) is 7.05 Å². The van der Waals surface area contributed by atoms with Gasteiger partial charge in [-0.05, 0) is 34.1 Å². The van der Waals surface area contributed by atoms with Gasteiger partial charge >= 0.3 is 5.97 Å². The van der Waals surface area contributed by atoms with E-state index < -0.39 is 24.2 Å². The third-order valence-electron chi connectivity index (χ3n) is 2.72. The molecule has 0 amide bonds. The number of aryl methyl sites for hydroxylation is 1. The van der Waals surface area contributed by atoms with Crippen LogP contribution in [-0.4, -0.2) is 10.5 Å². The molecule has 0 spiro atoms. The van der Waals surface area contributed by atoms with Gasteiger partial charge < -0.3 is 15.0 Å². The molecule has 0 fully saturated rings. The van der Waals surface area contributed by atoms with Gasteiger partial charge in [-0.2, -0.15) is 0 Å². The van der Waals surface area contributed by atoms with Gasteiger partial charge in [0.2, 0.25) is 0 Å². The number of anilines is 1. The number of esters is 1. The Bertz CT molecular complexity index is 671. The van der Waals surface area contributed by atoms with E-state index in [0.717, 1.165) is 6.07 Å². The smallest absolute Gasteiger partial charge is 0.355 e. The Kier molecular flexibility index (Phi) is 4.08. The Labute approximate surface area is 122 Å². The molecule has 0 aliphatic carbocycles. The lowest BCUT2D eigenvalue weighted by molar-refractivity contribution is 0.0453. The van der Waals surface area contributed by atoms with Crippen molar-refractivity contribution in [2.45, 2.75) is 6.61 Å². The van der Waals surface area contributed by atoms with Gasteiger partial charge in [-0.3, -0.25) is 0 Å². The number of nitrogen functional groups attached to an aromatic ring is 1. The van der Waals surface area contributed by atoms with E-state index in [-0.39, 0.29) is 15.7 Å². The third-order valence-corrected chi connectivity index (χ3v) is 3.33. The first-order valence-electron chi connectivity index (χ1n) is 5.61. The fourth-order valence-electron chi connectivity index (χ4n) is 1.71. The molecule has 0 unspecified atom stereocenters. The molecule has 0 radical (unpaired) electrons. The van der Waals surface area contributed by atoms with Crippen molar-refractivity contribution in [1.82, 2.24) is 4.57 Å². The van der Waals surface area contributed by atoms with E-state index in [0.29, 0.717) is 5.69 Å². The van der Waals surface area contributed by atoms with Gasteiger partial charge in [0, 0.05) is 13.2 Å². The average Bonchev–Trinajstić information content (AvgIpc) is 2.73. The maximum Gasteiger partial charge on any atom is 0.355 e. The van der Waals surface area contributed by atoms with E-state index in [1.807, 2.05) is 0 Å². The molecule has 2 rings (SSSR count). The van der Waals surface area contributed by atoms with Crippen LogP contribution >= 0.6 is 15.9 Å². The minimum Gasteiger partial charge on any atom is -0.456 e. The van der Waals surface area contributed by atoms with Gasteiger partial charge in [-0.1, -0.05) is 0 Å². The largest absolute Gasteiger partial charge is 0.456 e. The van der Waals surface area contributed by atoms with Crippen LogP contribution in [0.15, 0.2) is 28.9 Å². The zero-order valence-electron chi connectivity index (χ0n) is 10.5. The molecule has 1 heterocycles. The summed E-state index contributed by atoms with van der Waals surface area (Å²) < 4.78 is 33.7. The number of nitrogens with two attached hydrogens (primary N) is 1. The zero-order chi connectivity index (χ0) is 14.9. The van der Waals surface area contributed by atoms with Crippen molar-refractivity contribution >= 4 is 27.6 Å². The van der Waals surface area contributed by atoms with Gasteiger partial charge in [0.05, 0.1) is 15.7 Å². The number of aromatic nitrogens is 1. The van der Waals surface area contributed by atoms with E-state index in [1.165, 1.54) is 22.9 Å². The van der Waals surface area contributed by atoms with E-state index >= 15 is 0 Å². The molecule has 0 aliphatic rings. The highest BCUT2D eigenvalue weighted by atomic mass is 79.9. The minimum absolute atomic E-state index is 0.105. The van der Waals surface area contributed by atoms with E-state index in [1.54, 1.807) is 7.05 Å². The summed E-state index contributed by atoms with van der Waals surface area (Å²) in [6, 6.07) is 3.76. The van der Waals surface area contributed by atoms with Gasteiger partial charge in [-0.15, -0.1) is 0 Å². The summed E-state index contributed by atoms with van der Waals surface area (Å²) in [5.41, 5.74) is 5.84. The van der Waals surface area contributed by atoms with Crippen molar-refractivity contribution < 1.29 is 18.3 Å². The van der Waals surface area contributed by atoms with E-state index in [9.17, 15) is 13.6 Å². The SMILES string of the molecule is Cn1cc(N)cc1C(=O)OCc1c(F)ccc(Br)c1F. The third kappa shape index (κ3) is 2.82. The Hall–Kier alpha value is -1.89. The highest BCUT2D eigenvalue weighted by Crippen LogP contribution is 2.22. The van der Waals surface area contributed by atoms with Crippen molar-refractivity contribution in [1.29, 1.82) is 0 Å². The molecule has 0 saturated heterocycles. The molecule has 7 heteroatoms. The van der Waals surface area contributed by atoms with Crippen molar-refractivity contribution in [3.63, 3.8) is 0 Å². The van der Waals surface area contributed by atoms with Crippen LogP contribution in [0.3, 0.4) is 0 Å². The molecule has 20 heavy (non-hydrogen) atoms. The molecular formula is C13H11BrF2N2O2. The Morgan fingerprint density at radius 2 is 2.15 bits per heavy atom. The summed E-state index contributed by atoms with van der Waals surface area (Å²) in [7, 11) is 1.62. The number of hydrogen-bond donors (Lipinski definition) is 1. The van der Waals surface area contributed by atoms with Gasteiger partial charge in [-0.25, -0.2) is 13.6 Å². The molecule has 0 aliphatic heterocycles. The Morgan fingerprint density at radius 1 is 1.45 bits per heavy atom. The standard InChI is InChI=1S/C13H11BrF2N2O2/c1-18-5-7(17)4-11(18)13(19)20-6-8-10(15)3-2-9(14)12(8)16/h2-5H,6,17H2,1H3. The quantitative estimate of drug-likeness (QED) is 0.687. The molecule has 106 valence electrons. The van der Waals surface area contributed by atoms with Crippen LogP contribution in [0.4, 0.5) is 14.5 Å². The lowest BCUT2D eigenvalue weighted by Crippen LogP contribution is -2.11. The van der Waals surface area contributed by atoms with Gasteiger partial charge in [0.15, 0.2) is 0 Å². The van der Waals surface area contributed by atoms with Crippen molar-refractivity contribution in [3.8, 4) is 0 Å². The first-order chi connectivity index (χ1) is 9.40. The molecule has 1 aromatic heterocycles. The first-order valence-corrected chi connectivity index (χ1v) is 6.40. The summed E-state index contributed by atoms with van der Waals surface area (Å²) in [5.74, 6) is -2.27. The lowest BCUT2D eigenvalue weighted by Gasteiger charge is -2.08. The molecule has 0 saturated carbocycles. The second-order valence-electron chi connectivity index (χ2n) is 4.17. The topological polar surface area (TPSA) is 57.2 Å². The summed E-state index contributed by atoms with van der Waals surface area (Å²) in [6.45, 7) is -0.499. The van der Waals surface area contributed by atoms with Crippen LogP contribution in [0.1, 0.15) is 16.1 Å². The number of rotatable bonds is 3. The fourth-order valence-corrected chi connectivity index (χ4v) is 2.08. The summed E-state index contributed by atoms with van der Waals surface area (Å²) in [5, 5.41) is 0. The van der Waals surface area contributed by atoms with E-state index in [4.69, 9.17) is 10.5 Å². The number of ether oxygens (including phenoxy) is 1. The maximum absolute atomic E-state index is 13.7. The zero-order valence-corrected chi connectivity index (χ0v) is 12.1. The predicted molar refractivity (Wildman–Crippen MR) is 73.0 cm³/mol. The second kappa shape index (κ2) is 5.62. The average molecular weight is 345 g/mol. The summed E-state index contributed by atoms with van der Waals surface area (Å²) in [6.07, 6.45) is 1.54. The van der Waals surface area contributed by atoms with Crippen LogP contribution in [0.2, 0.25) is 0 Å². The number of halogens is 3. The Balaban J connectivity index is 2.15. The molecule has 0 bridgehead atoms. The highest BCUT2D eigenvalue weighted by molar-refractivity contribution is 9.10. The van der Waals surface area contributed by atoms with Crippen LogP contribution < -0.4 is 5.73 Å². The molecule has 2 aromatic rings. The van der Waals surface area contributed by atoms with Crippen LogP contribution in [0, 0.1) is 11.6 Å². The molecule has 0 atom stereocenters. The normalized spacial score (nSPS) is 10.6. The summed E-state index contributed by atoms with van der Waals surface area (Å²) in [4.78, 5) is 11.8. The monoisotopic (exact) mass is 344 g/mol. The minimum atomic E-state index is -0.788. The number of benzene rings is 1. The number of nitrogens with zero attached hydrogens (tertiary/aromatic N) is 1. The Morgan fingerprint density at radius 3 is 2.75 bits per heavy atom. The van der Waals surface area contributed by atoms with Crippen LogP contribution in [0.5, 0.6) is 0 Å². The molecule has 4 nitrogen and oxygen atoms in total.